The maximum atomic E-state index is 10.2. The highest BCUT2D eigenvalue weighted by Gasteiger charge is 2.11. The molecule has 0 spiro atoms. The SMILES string of the molecule is [2H]C1([2H])CC(N=O)CC([2H])([2H])C1([2H])[2H]. The number of hydrogen-bond donors (Lipinski definition) is 0. The molecule has 0 N–H and O–H groups in total. The average molecular weight is 119 g/mol. The topological polar surface area (TPSA) is 29.4 Å². The highest BCUT2D eigenvalue weighted by molar-refractivity contribution is 4.69. The first-order valence-electron chi connectivity index (χ1n) is 5.46. The molecule has 0 heterocycles. The minimum absolute atomic E-state index is 0.358. The van der Waals surface area contributed by atoms with E-state index in [1.807, 2.05) is 0 Å². The molecule has 0 unspecified atom stereocenters. The second kappa shape index (κ2) is 2.80. The van der Waals surface area contributed by atoms with Gasteiger partial charge in [0.1, 0.15) is 0 Å². The number of hydrogen-bond acceptors (Lipinski definition) is 2. The van der Waals surface area contributed by atoms with E-state index < -0.39 is 25.2 Å². The standard InChI is InChI=1S/C6H11NO/c8-7-6-4-2-1-3-5-6/h6H,1-5H2/i1D2,2D2,3D2. The highest BCUT2D eigenvalue weighted by Crippen LogP contribution is 2.19. The third kappa shape index (κ3) is 1.29. The zero-order valence-corrected chi connectivity index (χ0v) is 4.35. The van der Waals surface area contributed by atoms with Gasteiger partial charge in [0.2, 0.25) is 0 Å². The van der Waals surface area contributed by atoms with Gasteiger partial charge in [-0.05, 0) is 12.8 Å². The van der Waals surface area contributed by atoms with Crippen LogP contribution in [0, 0.1) is 4.91 Å². The van der Waals surface area contributed by atoms with E-state index >= 15 is 0 Å². The molecule has 0 bridgehead atoms. The predicted octanol–water partition coefficient (Wildman–Crippen LogP) is 2.09. The van der Waals surface area contributed by atoms with Crippen molar-refractivity contribution < 1.29 is 8.22 Å². The lowest BCUT2D eigenvalue weighted by molar-refractivity contribution is 0.441. The first-order chi connectivity index (χ1) is 6.14. The second-order valence-corrected chi connectivity index (χ2v) is 1.65. The zero-order chi connectivity index (χ0) is 11.2. The Morgan fingerprint density at radius 1 is 1.38 bits per heavy atom. The first-order valence-corrected chi connectivity index (χ1v) is 2.46. The molecule has 1 aliphatic rings. The minimum atomic E-state index is -2.58. The van der Waals surface area contributed by atoms with Gasteiger partial charge in [0.05, 0.1) is 6.04 Å². The Balaban J connectivity index is 3.05. The van der Waals surface area contributed by atoms with E-state index in [-0.39, 0.29) is 12.8 Å². The van der Waals surface area contributed by atoms with Crippen molar-refractivity contribution in [1.29, 1.82) is 0 Å². The Hall–Kier alpha value is -0.400. The number of nitroso groups, excluding NO2 is 1. The van der Waals surface area contributed by atoms with Crippen molar-refractivity contribution in [1.82, 2.24) is 0 Å². The molecule has 0 aromatic heterocycles. The van der Waals surface area contributed by atoms with Crippen LogP contribution in [0.3, 0.4) is 0 Å². The summed E-state index contributed by atoms with van der Waals surface area (Å²) in [6.07, 6.45) is -8.01. The lowest BCUT2D eigenvalue weighted by Crippen LogP contribution is -2.07. The van der Waals surface area contributed by atoms with Gasteiger partial charge in [-0.1, -0.05) is 24.3 Å². The van der Waals surface area contributed by atoms with Gasteiger partial charge in [0.15, 0.2) is 0 Å². The van der Waals surface area contributed by atoms with Gasteiger partial charge in [-0.2, -0.15) is 4.91 Å². The normalized spacial score (nSPS) is 53.0. The molecule has 0 amide bonds. The molecule has 46 valence electrons. The van der Waals surface area contributed by atoms with E-state index in [4.69, 9.17) is 8.22 Å². The third-order valence-corrected chi connectivity index (χ3v) is 1.00. The Morgan fingerprint density at radius 3 is 2.50 bits per heavy atom. The molecule has 0 saturated heterocycles. The fourth-order valence-electron chi connectivity index (χ4n) is 0.547. The van der Waals surface area contributed by atoms with Crippen molar-refractivity contribution in [3.8, 4) is 0 Å². The molecule has 2 heteroatoms. The summed E-state index contributed by atoms with van der Waals surface area (Å²) in [5.41, 5.74) is 0. The molecule has 1 fully saturated rings. The summed E-state index contributed by atoms with van der Waals surface area (Å²) in [6, 6.07) is -0.983. The Labute approximate surface area is 57.7 Å². The van der Waals surface area contributed by atoms with Gasteiger partial charge in [-0.25, -0.2) is 0 Å². The molecular weight excluding hydrogens is 102 g/mol. The van der Waals surface area contributed by atoms with Crippen LogP contribution in [0.5, 0.6) is 0 Å². The molecule has 0 radical (unpaired) electrons. The molecule has 0 aromatic rings. The van der Waals surface area contributed by atoms with Crippen LogP contribution in [-0.4, -0.2) is 6.04 Å². The van der Waals surface area contributed by atoms with Crippen LogP contribution in [0.25, 0.3) is 0 Å². The molecule has 0 aliphatic heterocycles. The third-order valence-electron chi connectivity index (χ3n) is 1.00. The van der Waals surface area contributed by atoms with Gasteiger partial charge >= 0.3 is 0 Å². The van der Waals surface area contributed by atoms with E-state index in [9.17, 15) is 4.91 Å². The van der Waals surface area contributed by atoms with Crippen molar-refractivity contribution in [3.05, 3.63) is 4.91 Å². The van der Waals surface area contributed by atoms with Crippen LogP contribution >= 0.6 is 0 Å². The molecule has 0 atom stereocenters. The van der Waals surface area contributed by atoms with E-state index in [1.54, 1.807) is 0 Å². The number of nitrogens with zero attached hydrogens (tertiary/aromatic N) is 1. The summed E-state index contributed by atoms with van der Waals surface area (Å²) in [7, 11) is 0. The smallest absolute Gasteiger partial charge is 0.0919 e. The summed E-state index contributed by atoms with van der Waals surface area (Å²) in [5.74, 6) is 0. The minimum Gasteiger partial charge on any atom is -0.151 e. The maximum Gasteiger partial charge on any atom is 0.0919 e. The van der Waals surface area contributed by atoms with Crippen molar-refractivity contribution in [3.63, 3.8) is 0 Å². The maximum absolute atomic E-state index is 10.2. The van der Waals surface area contributed by atoms with Crippen LogP contribution in [0.15, 0.2) is 5.18 Å². The molecule has 2 nitrogen and oxygen atoms in total. The quantitative estimate of drug-likeness (QED) is 0.486. The van der Waals surface area contributed by atoms with Crippen LogP contribution in [0.2, 0.25) is 0 Å². The van der Waals surface area contributed by atoms with Crippen molar-refractivity contribution >= 4 is 0 Å². The fraction of sp³-hybridized carbons (Fsp3) is 1.00. The van der Waals surface area contributed by atoms with Gasteiger partial charge < -0.3 is 0 Å². The lowest BCUT2D eigenvalue weighted by Gasteiger charge is -2.13. The van der Waals surface area contributed by atoms with Gasteiger partial charge in [0.25, 0.3) is 0 Å². The van der Waals surface area contributed by atoms with E-state index in [1.165, 1.54) is 0 Å². The van der Waals surface area contributed by atoms with E-state index in [0.29, 0.717) is 0 Å². The van der Waals surface area contributed by atoms with Crippen LogP contribution in [0.4, 0.5) is 0 Å². The van der Waals surface area contributed by atoms with Gasteiger partial charge in [-0.15, -0.1) is 0 Å². The van der Waals surface area contributed by atoms with Crippen LogP contribution in [0.1, 0.15) is 40.2 Å². The van der Waals surface area contributed by atoms with Crippen LogP contribution < -0.4 is 0 Å². The Bertz CT molecular complexity index is 233. The van der Waals surface area contributed by atoms with Crippen LogP contribution in [-0.2, 0) is 0 Å². The van der Waals surface area contributed by atoms with E-state index in [0.717, 1.165) is 0 Å². The fourth-order valence-corrected chi connectivity index (χ4v) is 0.547. The first kappa shape index (κ1) is 1.79. The summed E-state index contributed by atoms with van der Waals surface area (Å²) in [4.78, 5) is 10.2. The average Bonchev–Trinajstić information content (AvgIpc) is 1.99. The van der Waals surface area contributed by atoms with Gasteiger partial charge in [0, 0.05) is 8.22 Å². The molecule has 1 rings (SSSR count). The van der Waals surface area contributed by atoms with E-state index in [2.05, 4.69) is 5.18 Å². The summed E-state index contributed by atoms with van der Waals surface area (Å²) in [5, 5.41) is 2.61. The second-order valence-electron chi connectivity index (χ2n) is 1.65. The Morgan fingerprint density at radius 2 is 2.00 bits per heavy atom. The number of rotatable bonds is 1. The monoisotopic (exact) mass is 119 g/mol. The molecule has 1 aliphatic carbocycles. The zero-order valence-electron chi connectivity index (χ0n) is 10.3. The molecular formula is C6H11NO. The van der Waals surface area contributed by atoms with Crippen molar-refractivity contribution in [2.45, 2.75) is 38.0 Å². The molecule has 0 aromatic carbocycles. The highest BCUT2D eigenvalue weighted by atomic mass is 16.3. The largest absolute Gasteiger partial charge is 0.151 e. The lowest BCUT2D eigenvalue weighted by atomic mass is 9.96. The van der Waals surface area contributed by atoms with Crippen molar-refractivity contribution in [2.75, 3.05) is 0 Å². The predicted molar refractivity (Wildman–Crippen MR) is 32.7 cm³/mol. The Kier molecular flexibility index (Phi) is 0.626. The summed E-state index contributed by atoms with van der Waals surface area (Å²) >= 11 is 0. The summed E-state index contributed by atoms with van der Waals surface area (Å²) in [6.45, 7) is 0. The molecule has 1 saturated carbocycles. The van der Waals surface area contributed by atoms with Crippen molar-refractivity contribution in [2.24, 2.45) is 5.18 Å². The summed E-state index contributed by atoms with van der Waals surface area (Å²) < 4.78 is 44.2. The van der Waals surface area contributed by atoms with Gasteiger partial charge in [-0.3, -0.25) is 0 Å². The molecule has 8 heavy (non-hydrogen) atoms.